The molecule has 0 aliphatic heterocycles. The van der Waals surface area contributed by atoms with Gasteiger partial charge < -0.3 is 29.8 Å². The molecule has 0 aliphatic carbocycles. The second-order valence-corrected chi connectivity index (χ2v) is 5.68. The molecule has 0 saturated carbocycles. The van der Waals surface area contributed by atoms with E-state index < -0.39 is 45.4 Å². The first-order chi connectivity index (χ1) is 9.71. The predicted octanol–water partition coefficient (Wildman–Crippen LogP) is 0.881. The Bertz CT molecular complexity index is 399. The molecule has 0 amide bonds. The van der Waals surface area contributed by atoms with Crippen LogP contribution in [0.5, 0.6) is 0 Å². The maximum Gasteiger partial charge on any atom is 0.330 e. The van der Waals surface area contributed by atoms with Gasteiger partial charge in [0.25, 0.3) is 11.1 Å². The summed E-state index contributed by atoms with van der Waals surface area (Å²) in [6, 6.07) is 0. The Morgan fingerprint density at radius 3 is 1.67 bits per heavy atom. The van der Waals surface area contributed by atoms with E-state index in [-0.39, 0.29) is 0 Å². The van der Waals surface area contributed by atoms with Crippen LogP contribution < -0.4 is 5.73 Å². The van der Waals surface area contributed by atoms with E-state index in [2.05, 4.69) is 0 Å². The molecule has 0 radical (unpaired) electrons. The molecule has 0 aromatic rings. The first-order valence-electron chi connectivity index (χ1n) is 5.63. The van der Waals surface area contributed by atoms with Gasteiger partial charge in [0.15, 0.2) is 5.54 Å². The largest absolute Gasteiger partial charge is 0.480 e. The molecule has 21 heavy (non-hydrogen) atoms. The van der Waals surface area contributed by atoms with Crippen molar-refractivity contribution < 1.29 is 38.0 Å². The van der Waals surface area contributed by atoms with Crippen molar-refractivity contribution in [3.8, 4) is 0 Å². The number of carboxylic acids is 1. The Balaban J connectivity index is 6.28. The zero-order valence-electron chi connectivity index (χ0n) is 12.4. The summed E-state index contributed by atoms with van der Waals surface area (Å²) in [5.41, 5.74) is -0.571. The molecular formula is C10H19NO8P2. The highest BCUT2D eigenvalue weighted by Crippen LogP contribution is 2.47. The summed E-state index contributed by atoms with van der Waals surface area (Å²) in [4.78, 5) is 11.7. The third-order valence-electron chi connectivity index (χ3n) is 3.49. The molecule has 9 nitrogen and oxygen atoms in total. The summed E-state index contributed by atoms with van der Waals surface area (Å²) in [7, 11) is 3.01. The van der Waals surface area contributed by atoms with Gasteiger partial charge in [0.1, 0.15) is 0 Å². The van der Waals surface area contributed by atoms with Gasteiger partial charge in [-0.05, 0) is 0 Å². The van der Waals surface area contributed by atoms with Gasteiger partial charge in [-0.3, -0.25) is 9.13 Å². The zero-order chi connectivity index (χ0) is 16.9. The number of hydrogen-bond acceptors (Lipinski definition) is 8. The molecule has 122 valence electrons. The first kappa shape index (κ1) is 20.5. The Hall–Kier alpha value is -0.530. The number of nitrogens with two attached hydrogens (primary N) is 1. The van der Waals surface area contributed by atoms with Crippen LogP contribution in [0.3, 0.4) is 0 Å². The minimum absolute atomic E-state index is 0.671. The molecule has 0 fully saturated rings. The summed E-state index contributed by atoms with van der Waals surface area (Å²) in [5.74, 6) is -2.87. The number of aliphatic carboxylic acids is 1. The summed E-state index contributed by atoms with van der Waals surface area (Å²) in [5, 5.41) is 9.54. The number of hydrogen-bond donors (Lipinski definition) is 2. The number of methoxy groups -OCH3 is 4. The van der Waals surface area contributed by atoms with Gasteiger partial charge in [-0.1, -0.05) is 6.92 Å². The highest BCUT2D eigenvalue weighted by Gasteiger charge is 2.66. The van der Waals surface area contributed by atoms with Crippen molar-refractivity contribution in [2.45, 2.75) is 23.5 Å². The average Bonchev–Trinajstić information content (AvgIpc) is 2.51. The fourth-order valence-electron chi connectivity index (χ4n) is 2.04. The summed E-state index contributed by atoms with van der Waals surface area (Å²) >= 11 is 0. The third-order valence-corrected chi connectivity index (χ3v) is 5.48. The van der Waals surface area contributed by atoms with E-state index in [0.717, 1.165) is 14.2 Å². The molecule has 11 heteroatoms. The molecule has 0 bridgehead atoms. The van der Waals surface area contributed by atoms with Crippen molar-refractivity contribution in [3.05, 3.63) is 0 Å². The molecule has 0 aromatic heterocycles. The van der Waals surface area contributed by atoms with Crippen molar-refractivity contribution in [1.29, 1.82) is 0 Å². The molecular weight excluding hydrogens is 324 g/mol. The van der Waals surface area contributed by atoms with Gasteiger partial charge in [-0.15, -0.1) is 0 Å². The van der Waals surface area contributed by atoms with Gasteiger partial charge >= 0.3 is 5.97 Å². The van der Waals surface area contributed by atoms with Crippen LogP contribution in [0.1, 0.15) is 6.92 Å². The van der Waals surface area contributed by atoms with Crippen LogP contribution in [-0.2, 0) is 32.9 Å². The second kappa shape index (κ2) is 7.65. The molecule has 0 aliphatic rings. The third kappa shape index (κ3) is 3.00. The van der Waals surface area contributed by atoms with Crippen molar-refractivity contribution in [3.63, 3.8) is 0 Å². The molecule has 0 spiro atoms. The Labute approximate surface area is 125 Å². The predicted molar refractivity (Wildman–Crippen MR) is 72.4 cm³/mol. The fourth-order valence-corrected chi connectivity index (χ4v) is 3.14. The van der Waals surface area contributed by atoms with Gasteiger partial charge in [-0.2, -0.15) is 0 Å². The Kier molecular flexibility index (Phi) is 7.45. The SMILES string of the molecule is COC(OC)(P=O)C(C)C(N)(C(=O)O)C(OC)(OC)P=O. The summed E-state index contributed by atoms with van der Waals surface area (Å²) in [6.07, 6.45) is 0. The first-order valence-corrected chi connectivity index (χ1v) is 7.26. The average molecular weight is 343 g/mol. The van der Waals surface area contributed by atoms with Gasteiger partial charge in [-0.25, -0.2) is 4.79 Å². The van der Waals surface area contributed by atoms with Crippen LogP contribution in [0, 0.1) is 5.92 Å². The molecule has 0 aromatic carbocycles. The number of carboxylic acid groups (broad SMARTS) is 1. The lowest BCUT2D eigenvalue weighted by Gasteiger charge is -2.45. The van der Waals surface area contributed by atoms with Gasteiger partial charge in [0.2, 0.25) is 16.9 Å². The lowest BCUT2D eigenvalue weighted by Crippen LogP contribution is -2.71. The lowest BCUT2D eigenvalue weighted by atomic mass is 9.83. The minimum atomic E-state index is -2.40. The highest BCUT2D eigenvalue weighted by molar-refractivity contribution is 7.26. The van der Waals surface area contributed by atoms with Gasteiger partial charge in [0.05, 0.1) is 5.92 Å². The molecule has 0 rings (SSSR count). The second-order valence-electron chi connectivity index (χ2n) is 4.11. The van der Waals surface area contributed by atoms with E-state index in [4.69, 9.17) is 24.7 Å². The van der Waals surface area contributed by atoms with Crippen molar-refractivity contribution >= 4 is 22.9 Å². The molecule has 2 unspecified atom stereocenters. The minimum Gasteiger partial charge on any atom is -0.480 e. The fraction of sp³-hybridized carbons (Fsp3) is 0.900. The van der Waals surface area contributed by atoms with E-state index in [1.165, 1.54) is 21.1 Å². The van der Waals surface area contributed by atoms with E-state index in [0.29, 0.717) is 0 Å². The zero-order valence-corrected chi connectivity index (χ0v) is 14.1. The van der Waals surface area contributed by atoms with Crippen LogP contribution in [0.4, 0.5) is 0 Å². The number of ether oxygens (including phenoxy) is 4. The normalized spacial score (nSPS) is 17.6. The Morgan fingerprint density at radius 2 is 1.48 bits per heavy atom. The summed E-state index contributed by atoms with van der Waals surface area (Å²) < 4.78 is 42.8. The number of carbonyl (C=O) groups is 1. The number of rotatable bonds is 10. The highest BCUT2D eigenvalue weighted by atomic mass is 31.1. The maximum absolute atomic E-state index is 11.7. The molecule has 0 heterocycles. The van der Waals surface area contributed by atoms with Gasteiger partial charge in [0, 0.05) is 28.4 Å². The van der Waals surface area contributed by atoms with Crippen molar-refractivity contribution in [2.75, 3.05) is 28.4 Å². The lowest BCUT2D eigenvalue weighted by molar-refractivity contribution is -0.244. The van der Waals surface area contributed by atoms with E-state index in [1.807, 2.05) is 0 Å². The van der Waals surface area contributed by atoms with E-state index in [9.17, 15) is 19.0 Å². The van der Waals surface area contributed by atoms with Crippen LogP contribution in [0.25, 0.3) is 0 Å². The van der Waals surface area contributed by atoms with Crippen LogP contribution in [0.15, 0.2) is 0 Å². The maximum atomic E-state index is 11.7. The topological polar surface area (TPSA) is 134 Å². The molecule has 2 atom stereocenters. The standard InChI is InChI=1S/C10H19NO8P2/c1-6(9(16-2,17-3)20-14)8(11,7(12)13)10(18-4,19-5)21-15/h6H,11H2,1-5H3,(H,12,13). The van der Waals surface area contributed by atoms with Crippen molar-refractivity contribution in [2.24, 2.45) is 11.7 Å². The molecule has 0 saturated heterocycles. The Morgan fingerprint density at radius 1 is 1.05 bits per heavy atom. The van der Waals surface area contributed by atoms with E-state index >= 15 is 0 Å². The van der Waals surface area contributed by atoms with Crippen LogP contribution >= 0.6 is 16.9 Å². The monoisotopic (exact) mass is 343 g/mol. The van der Waals surface area contributed by atoms with Crippen LogP contribution in [0.2, 0.25) is 0 Å². The summed E-state index contributed by atoms with van der Waals surface area (Å²) in [6.45, 7) is 1.31. The van der Waals surface area contributed by atoms with Crippen molar-refractivity contribution in [1.82, 2.24) is 0 Å². The smallest absolute Gasteiger partial charge is 0.330 e. The quantitative estimate of drug-likeness (QED) is 0.438. The van der Waals surface area contributed by atoms with Crippen LogP contribution in [-0.4, -0.2) is 56.1 Å². The van der Waals surface area contributed by atoms with E-state index in [1.54, 1.807) is 0 Å². The molecule has 3 N–H and O–H groups in total.